The van der Waals surface area contributed by atoms with E-state index in [1.54, 1.807) is 6.92 Å². The van der Waals surface area contributed by atoms with Gasteiger partial charge in [0.15, 0.2) is 11.0 Å². The molecule has 142 valence electrons. The number of amides is 1. The molecule has 1 atom stereocenters. The lowest BCUT2D eigenvalue weighted by atomic mass is 9.79. The Morgan fingerprint density at radius 3 is 2.93 bits per heavy atom. The predicted molar refractivity (Wildman–Crippen MR) is 100 cm³/mol. The standard InChI is InChI=1S/C16H17BFN3O5S/c1-2-25-16(22)20-14-6-10(19)3-4-15(14)27(24)21-13-7-11-9(5-12(13)18)8-26-17(11)23/h3-7,21,23H,2,8,19H2,1H3,(H,20,22). The average molecular weight is 393 g/mol. The molecule has 1 aliphatic heterocycles. The number of ether oxygens (including phenoxy) is 1. The number of nitrogens with one attached hydrogen (secondary N) is 2. The monoisotopic (exact) mass is 393 g/mol. The molecule has 11 heteroatoms. The molecule has 2 aromatic carbocycles. The fourth-order valence-corrected chi connectivity index (χ4v) is 3.53. The molecule has 2 aromatic rings. The molecule has 3 rings (SSSR count). The maximum absolute atomic E-state index is 14.3. The van der Waals surface area contributed by atoms with Gasteiger partial charge in [0.2, 0.25) is 0 Å². The van der Waals surface area contributed by atoms with Gasteiger partial charge in [-0.05, 0) is 48.3 Å². The van der Waals surface area contributed by atoms with Crippen molar-refractivity contribution in [2.45, 2.75) is 18.4 Å². The van der Waals surface area contributed by atoms with E-state index in [1.165, 1.54) is 30.3 Å². The van der Waals surface area contributed by atoms with Gasteiger partial charge in [-0.1, -0.05) is 0 Å². The second kappa shape index (κ2) is 7.95. The maximum atomic E-state index is 14.3. The summed E-state index contributed by atoms with van der Waals surface area (Å²) in [5.41, 5.74) is 7.08. The van der Waals surface area contributed by atoms with Gasteiger partial charge in [0.1, 0.15) is 5.82 Å². The number of carbonyl (C=O) groups is 1. The Kier molecular flexibility index (Phi) is 5.63. The highest BCUT2D eigenvalue weighted by Crippen LogP contribution is 2.26. The number of nitrogen functional groups attached to an aromatic ring is 1. The zero-order valence-corrected chi connectivity index (χ0v) is 15.1. The van der Waals surface area contributed by atoms with E-state index < -0.39 is 30.0 Å². The Hall–Kier alpha value is -2.63. The van der Waals surface area contributed by atoms with E-state index in [2.05, 4.69) is 10.0 Å². The highest BCUT2D eigenvalue weighted by Gasteiger charge is 2.29. The number of hydrogen-bond acceptors (Lipinski definition) is 6. The second-order valence-electron chi connectivity index (χ2n) is 5.67. The molecule has 8 nitrogen and oxygen atoms in total. The van der Waals surface area contributed by atoms with E-state index in [4.69, 9.17) is 15.1 Å². The topological polar surface area (TPSA) is 123 Å². The normalized spacial score (nSPS) is 13.8. The number of nitrogens with two attached hydrogens (primary N) is 1. The largest absolute Gasteiger partial charge is 0.491 e. The quantitative estimate of drug-likeness (QED) is 0.449. The summed E-state index contributed by atoms with van der Waals surface area (Å²) in [6.07, 6.45) is -0.731. The van der Waals surface area contributed by atoms with Crippen LogP contribution in [0.1, 0.15) is 12.5 Å². The molecule has 5 N–H and O–H groups in total. The summed E-state index contributed by atoms with van der Waals surface area (Å²) in [4.78, 5) is 11.9. The average Bonchev–Trinajstić information content (AvgIpc) is 2.95. The van der Waals surface area contributed by atoms with Crippen molar-refractivity contribution in [3.8, 4) is 0 Å². The lowest BCUT2D eigenvalue weighted by molar-refractivity contribution is 0.168. The van der Waals surface area contributed by atoms with Crippen LogP contribution < -0.4 is 21.2 Å². The van der Waals surface area contributed by atoms with Gasteiger partial charge < -0.3 is 20.1 Å². The summed E-state index contributed by atoms with van der Waals surface area (Å²) in [5, 5.41) is 12.2. The first-order valence-corrected chi connectivity index (χ1v) is 9.17. The molecule has 1 unspecified atom stereocenters. The SMILES string of the molecule is CCOC(=O)Nc1cc(N)ccc1S(=O)Nc1cc2c(cc1F)COB2O. The van der Waals surface area contributed by atoms with Crippen LogP contribution in [0.3, 0.4) is 0 Å². The van der Waals surface area contributed by atoms with Crippen LogP contribution in [0.4, 0.5) is 26.2 Å². The summed E-state index contributed by atoms with van der Waals surface area (Å²) in [7, 11) is -3.09. The lowest BCUT2D eigenvalue weighted by Crippen LogP contribution is -2.28. The van der Waals surface area contributed by atoms with E-state index in [9.17, 15) is 18.4 Å². The molecule has 0 fully saturated rings. The molecule has 0 saturated heterocycles. The molecule has 0 spiro atoms. The zero-order chi connectivity index (χ0) is 19.6. The maximum Gasteiger partial charge on any atom is 0.491 e. The van der Waals surface area contributed by atoms with Crippen molar-refractivity contribution < 1.29 is 27.8 Å². The molecular formula is C16H17BFN3O5S. The molecule has 0 aliphatic carbocycles. The minimum Gasteiger partial charge on any atom is -0.450 e. The number of halogens is 1. The summed E-state index contributed by atoms with van der Waals surface area (Å²) < 4.78 is 39.4. The summed E-state index contributed by atoms with van der Waals surface area (Å²) >= 11 is 0. The molecule has 0 bridgehead atoms. The van der Waals surface area contributed by atoms with Crippen molar-refractivity contribution in [2.24, 2.45) is 0 Å². The first kappa shape index (κ1) is 19.1. The van der Waals surface area contributed by atoms with Gasteiger partial charge in [0.05, 0.1) is 29.5 Å². The fraction of sp³-hybridized carbons (Fsp3) is 0.188. The van der Waals surface area contributed by atoms with Crippen molar-refractivity contribution >= 4 is 46.7 Å². The smallest absolute Gasteiger partial charge is 0.450 e. The van der Waals surface area contributed by atoms with Crippen LogP contribution in [0, 0.1) is 5.82 Å². The summed E-state index contributed by atoms with van der Waals surface area (Å²) in [5.74, 6) is -0.643. The first-order valence-electron chi connectivity index (χ1n) is 8.02. The van der Waals surface area contributed by atoms with E-state index >= 15 is 0 Å². The molecular weight excluding hydrogens is 376 g/mol. The van der Waals surface area contributed by atoms with Crippen molar-refractivity contribution in [2.75, 3.05) is 22.4 Å². The van der Waals surface area contributed by atoms with Crippen LogP contribution in [-0.4, -0.2) is 29.1 Å². The van der Waals surface area contributed by atoms with E-state index in [0.29, 0.717) is 16.7 Å². The third-order valence-corrected chi connectivity index (χ3v) is 4.97. The summed E-state index contributed by atoms with van der Waals surface area (Å²) in [6.45, 7) is 1.91. The number of anilines is 3. The van der Waals surface area contributed by atoms with Crippen molar-refractivity contribution in [3.05, 3.63) is 41.7 Å². The first-order chi connectivity index (χ1) is 12.9. The second-order valence-corrected chi connectivity index (χ2v) is 6.85. The van der Waals surface area contributed by atoms with Gasteiger partial charge in [-0.25, -0.2) is 13.4 Å². The van der Waals surface area contributed by atoms with Crippen LogP contribution in [0.25, 0.3) is 0 Å². The Balaban J connectivity index is 1.87. The van der Waals surface area contributed by atoms with Crippen molar-refractivity contribution in [3.63, 3.8) is 0 Å². The number of hydrogen-bond donors (Lipinski definition) is 4. The van der Waals surface area contributed by atoms with E-state index in [0.717, 1.165) is 0 Å². The lowest BCUT2D eigenvalue weighted by Gasteiger charge is -2.14. The number of benzene rings is 2. The Bertz CT molecular complexity index is 914. The molecule has 0 saturated carbocycles. The van der Waals surface area contributed by atoms with Crippen LogP contribution in [0.2, 0.25) is 0 Å². The minimum atomic E-state index is -1.93. The van der Waals surface area contributed by atoms with Gasteiger partial charge in [0.25, 0.3) is 0 Å². The van der Waals surface area contributed by atoms with Gasteiger partial charge in [0, 0.05) is 5.69 Å². The highest BCUT2D eigenvalue weighted by molar-refractivity contribution is 7.86. The third kappa shape index (κ3) is 4.21. The van der Waals surface area contributed by atoms with Crippen LogP contribution in [-0.2, 0) is 27.0 Å². The highest BCUT2D eigenvalue weighted by atomic mass is 32.2. The molecule has 1 aliphatic rings. The van der Waals surface area contributed by atoms with Crippen LogP contribution in [0.5, 0.6) is 0 Å². The molecule has 27 heavy (non-hydrogen) atoms. The van der Waals surface area contributed by atoms with Gasteiger partial charge in [-0.15, -0.1) is 0 Å². The van der Waals surface area contributed by atoms with E-state index in [1.807, 2.05) is 0 Å². The minimum absolute atomic E-state index is 0.0736. The zero-order valence-electron chi connectivity index (χ0n) is 14.3. The van der Waals surface area contributed by atoms with Gasteiger partial charge >= 0.3 is 13.2 Å². The third-order valence-electron chi connectivity index (χ3n) is 3.81. The molecule has 0 radical (unpaired) electrons. The van der Waals surface area contributed by atoms with Crippen LogP contribution >= 0.6 is 0 Å². The summed E-state index contributed by atoms with van der Waals surface area (Å²) in [6, 6.07) is 6.93. The van der Waals surface area contributed by atoms with Crippen molar-refractivity contribution in [1.29, 1.82) is 0 Å². The van der Waals surface area contributed by atoms with Gasteiger partial charge in [-0.2, -0.15) is 0 Å². The van der Waals surface area contributed by atoms with Crippen LogP contribution in [0.15, 0.2) is 35.2 Å². The Morgan fingerprint density at radius 2 is 2.19 bits per heavy atom. The van der Waals surface area contributed by atoms with E-state index in [-0.39, 0.29) is 29.5 Å². The Morgan fingerprint density at radius 1 is 1.41 bits per heavy atom. The molecule has 1 amide bonds. The Labute approximate surface area is 157 Å². The van der Waals surface area contributed by atoms with Crippen molar-refractivity contribution in [1.82, 2.24) is 0 Å². The molecule has 0 aromatic heterocycles. The number of rotatable bonds is 5. The number of fused-ring (bicyclic) bond motifs is 1. The predicted octanol–water partition coefficient (Wildman–Crippen LogP) is 1.33. The fourth-order valence-electron chi connectivity index (χ4n) is 2.56. The van der Waals surface area contributed by atoms with Gasteiger partial charge in [-0.3, -0.25) is 10.0 Å². The number of carbonyl (C=O) groups excluding carboxylic acids is 1. The molecule has 1 heterocycles.